The lowest BCUT2D eigenvalue weighted by Crippen LogP contribution is -2.10. The highest BCUT2D eigenvalue weighted by molar-refractivity contribution is 7.99. The molecule has 0 fully saturated rings. The topological polar surface area (TPSA) is 66.2 Å². The predicted molar refractivity (Wildman–Crippen MR) is 139 cm³/mol. The maximum atomic E-state index is 12.7. The predicted octanol–water partition coefficient (Wildman–Crippen LogP) is 5.41. The van der Waals surface area contributed by atoms with E-state index in [0.717, 1.165) is 28.5 Å². The number of thioether (sulfide) groups is 1. The summed E-state index contributed by atoms with van der Waals surface area (Å²) in [5.74, 6) is 2.67. The summed E-state index contributed by atoms with van der Waals surface area (Å²) in [6.45, 7) is 2.70. The largest absolute Gasteiger partial charge is 0.493 e. The normalized spacial score (nSPS) is 10.8. The van der Waals surface area contributed by atoms with E-state index < -0.39 is 0 Å². The molecule has 0 N–H and O–H groups in total. The highest BCUT2D eigenvalue weighted by Crippen LogP contribution is 2.28. The zero-order valence-electron chi connectivity index (χ0n) is 20.2. The Morgan fingerprint density at radius 2 is 1.63 bits per heavy atom. The highest BCUT2D eigenvalue weighted by Gasteiger charge is 2.16. The lowest BCUT2D eigenvalue weighted by atomic mass is 10.1. The second-order valence-corrected chi connectivity index (χ2v) is 9.17. The van der Waals surface area contributed by atoms with Gasteiger partial charge in [-0.25, -0.2) is 0 Å². The molecule has 3 aromatic carbocycles. The summed E-state index contributed by atoms with van der Waals surface area (Å²) in [7, 11) is 3.27. The monoisotopic (exact) mass is 487 g/mol. The van der Waals surface area contributed by atoms with Gasteiger partial charge in [0.25, 0.3) is 0 Å². The summed E-state index contributed by atoms with van der Waals surface area (Å²) in [5, 5.41) is 9.67. The third kappa shape index (κ3) is 6.31. The number of hydrogen-bond donors (Lipinski definition) is 0. The first kappa shape index (κ1) is 24.5. The Kier molecular flexibility index (Phi) is 8.21. The Hall–Kier alpha value is -3.58. The van der Waals surface area contributed by atoms with Crippen molar-refractivity contribution in [3.8, 4) is 11.5 Å². The molecule has 0 unspecified atom stereocenters. The molecule has 180 valence electrons. The maximum absolute atomic E-state index is 12.7. The molecule has 0 aliphatic carbocycles. The molecule has 0 bridgehead atoms. The molecule has 35 heavy (non-hydrogen) atoms. The summed E-state index contributed by atoms with van der Waals surface area (Å²) in [6.07, 6.45) is 1.44. The Morgan fingerprint density at radius 1 is 0.886 bits per heavy atom. The first-order valence-electron chi connectivity index (χ1n) is 11.5. The van der Waals surface area contributed by atoms with Crippen molar-refractivity contribution in [1.82, 2.24) is 14.8 Å². The second-order valence-electron chi connectivity index (χ2n) is 8.23. The molecule has 1 heterocycles. The van der Waals surface area contributed by atoms with Crippen LogP contribution in [-0.2, 0) is 19.4 Å². The van der Waals surface area contributed by atoms with Crippen molar-refractivity contribution >= 4 is 17.5 Å². The fourth-order valence-electron chi connectivity index (χ4n) is 3.79. The van der Waals surface area contributed by atoms with Crippen LogP contribution >= 0.6 is 11.8 Å². The van der Waals surface area contributed by atoms with E-state index in [0.29, 0.717) is 35.8 Å². The fourth-order valence-corrected chi connectivity index (χ4v) is 4.67. The van der Waals surface area contributed by atoms with Crippen LogP contribution in [0.2, 0.25) is 0 Å². The first-order chi connectivity index (χ1) is 17.1. The van der Waals surface area contributed by atoms with Crippen LogP contribution in [-0.4, -0.2) is 40.5 Å². The minimum Gasteiger partial charge on any atom is -0.493 e. The molecule has 0 atom stereocenters. The van der Waals surface area contributed by atoms with E-state index in [1.165, 1.54) is 17.3 Å². The van der Waals surface area contributed by atoms with E-state index in [1.54, 1.807) is 14.2 Å². The average molecular weight is 488 g/mol. The summed E-state index contributed by atoms with van der Waals surface area (Å²) in [5.41, 5.74) is 4.13. The van der Waals surface area contributed by atoms with Gasteiger partial charge in [-0.15, -0.1) is 10.2 Å². The zero-order chi connectivity index (χ0) is 24.6. The third-order valence-corrected chi connectivity index (χ3v) is 6.74. The quantitative estimate of drug-likeness (QED) is 0.208. The molecule has 7 heteroatoms. The summed E-state index contributed by atoms with van der Waals surface area (Å²) in [6, 6.07) is 23.8. The van der Waals surface area contributed by atoms with Crippen LogP contribution in [0.5, 0.6) is 11.5 Å². The second kappa shape index (κ2) is 11.7. The SMILES string of the molecule is COc1ccc(CCn2c(Cc3ccccc3)nnc2SCC(=O)c2ccc(C)cc2)cc1OC. The molecule has 0 aliphatic heterocycles. The first-order valence-corrected chi connectivity index (χ1v) is 12.5. The van der Waals surface area contributed by atoms with Crippen molar-refractivity contribution < 1.29 is 14.3 Å². The minimum absolute atomic E-state index is 0.0778. The number of carbonyl (C=O) groups excluding carboxylic acids is 1. The number of aromatic nitrogens is 3. The van der Waals surface area contributed by atoms with Gasteiger partial charge in [0.05, 0.1) is 20.0 Å². The standard InChI is InChI=1S/C28H29N3O3S/c1-20-9-12-23(13-10-20)24(32)19-35-28-30-29-27(18-21-7-5-4-6-8-21)31(28)16-15-22-11-14-25(33-2)26(17-22)34-3/h4-14,17H,15-16,18-19H2,1-3H3. The lowest BCUT2D eigenvalue weighted by Gasteiger charge is -2.12. The molecular weight excluding hydrogens is 458 g/mol. The van der Waals surface area contributed by atoms with Crippen LogP contribution in [0.15, 0.2) is 78.0 Å². The van der Waals surface area contributed by atoms with Gasteiger partial charge in [0.1, 0.15) is 5.82 Å². The van der Waals surface area contributed by atoms with Crippen molar-refractivity contribution in [1.29, 1.82) is 0 Å². The van der Waals surface area contributed by atoms with Gasteiger partial charge >= 0.3 is 0 Å². The zero-order valence-corrected chi connectivity index (χ0v) is 21.0. The van der Waals surface area contributed by atoms with Crippen molar-refractivity contribution in [2.45, 2.75) is 31.5 Å². The van der Waals surface area contributed by atoms with Gasteiger partial charge in [-0.3, -0.25) is 4.79 Å². The number of hydrogen-bond acceptors (Lipinski definition) is 6. The van der Waals surface area contributed by atoms with E-state index in [1.807, 2.05) is 67.6 Å². The Bertz CT molecular complexity index is 1270. The van der Waals surface area contributed by atoms with E-state index >= 15 is 0 Å². The van der Waals surface area contributed by atoms with Crippen LogP contribution in [0.3, 0.4) is 0 Å². The molecular formula is C28H29N3O3S. The number of carbonyl (C=O) groups is 1. The van der Waals surface area contributed by atoms with Gasteiger partial charge in [-0.05, 0) is 36.6 Å². The molecule has 0 spiro atoms. The molecule has 1 aromatic heterocycles. The van der Waals surface area contributed by atoms with Gasteiger partial charge in [0, 0.05) is 18.5 Å². The molecule has 0 saturated heterocycles. The maximum Gasteiger partial charge on any atom is 0.191 e. The number of aryl methyl sites for hydroxylation is 2. The van der Waals surface area contributed by atoms with Crippen molar-refractivity contribution in [3.63, 3.8) is 0 Å². The minimum atomic E-state index is 0.0778. The molecule has 0 radical (unpaired) electrons. The van der Waals surface area contributed by atoms with E-state index in [9.17, 15) is 4.79 Å². The van der Waals surface area contributed by atoms with Crippen LogP contribution in [0.25, 0.3) is 0 Å². The van der Waals surface area contributed by atoms with Crippen molar-refractivity contribution in [2.24, 2.45) is 0 Å². The molecule has 0 saturated carbocycles. The summed E-state index contributed by atoms with van der Waals surface area (Å²) < 4.78 is 12.9. The van der Waals surface area contributed by atoms with Gasteiger partial charge in [-0.1, -0.05) is 78.0 Å². The number of ketones is 1. The van der Waals surface area contributed by atoms with Gasteiger partial charge in [-0.2, -0.15) is 0 Å². The van der Waals surface area contributed by atoms with Crippen molar-refractivity contribution in [2.75, 3.05) is 20.0 Å². The number of Topliss-reactive ketones (excluding diaryl/α,β-unsaturated/α-hetero) is 1. The smallest absolute Gasteiger partial charge is 0.191 e. The Morgan fingerprint density at radius 3 is 2.34 bits per heavy atom. The Balaban J connectivity index is 1.53. The molecule has 0 amide bonds. The number of benzene rings is 3. The fraction of sp³-hybridized carbons (Fsp3) is 0.250. The van der Waals surface area contributed by atoms with E-state index in [4.69, 9.17) is 9.47 Å². The van der Waals surface area contributed by atoms with Gasteiger partial charge < -0.3 is 14.0 Å². The van der Waals surface area contributed by atoms with Gasteiger partial charge in [0.15, 0.2) is 22.4 Å². The number of rotatable bonds is 11. The molecule has 4 rings (SSSR count). The lowest BCUT2D eigenvalue weighted by molar-refractivity contribution is 0.102. The van der Waals surface area contributed by atoms with Crippen LogP contribution in [0, 0.1) is 6.92 Å². The Labute approximate surface area is 210 Å². The number of nitrogens with zero attached hydrogens (tertiary/aromatic N) is 3. The van der Waals surface area contributed by atoms with Crippen LogP contribution in [0.1, 0.15) is 32.9 Å². The molecule has 4 aromatic rings. The van der Waals surface area contributed by atoms with E-state index in [-0.39, 0.29) is 5.78 Å². The van der Waals surface area contributed by atoms with Crippen LogP contribution in [0.4, 0.5) is 0 Å². The highest BCUT2D eigenvalue weighted by atomic mass is 32.2. The molecule has 0 aliphatic rings. The summed E-state index contributed by atoms with van der Waals surface area (Å²) >= 11 is 1.43. The third-order valence-electron chi connectivity index (χ3n) is 5.78. The molecule has 6 nitrogen and oxygen atoms in total. The number of methoxy groups -OCH3 is 2. The van der Waals surface area contributed by atoms with E-state index in [2.05, 4.69) is 26.9 Å². The summed E-state index contributed by atoms with van der Waals surface area (Å²) in [4.78, 5) is 12.7. The van der Waals surface area contributed by atoms with Gasteiger partial charge in [0.2, 0.25) is 0 Å². The van der Waals surface area contributed by atoms with Crippen molar-refractivity contribution in [3.05, 3.63) is 101 Å². The number of ether oxygens (including phenoxy) is 2. The average Bonchev–Trinajstić information content (AvgIpc) is 3.27. The van der Waals surface area contributed by atoms with Crippen LogP contribution < -0.4 is 9.47 Å².